The van der Waals surface area contributed by atoms with Crippen LogP contribution in [-0.2, 0) is 11.2 Å². The molecule has 3 rings (SSSR count). The summed E-state index contributed by atoms with van der Waals surface area (Å²) >= 11 is 0. The van der Waals surface area contributed by atoms with Gasteiger partial charge in [-0.3, -0.25) is 9.69 Å². The maximum Gasteiger partial charge on any atom is 0.240 e. The molecule has 1 aliphatic rings. The minimum Gasteiger partial charge on any atom is -0.493 e. The molecule has 27 heavy (non-hydrogen) atoms. The first-order chi connectivity index (χ1) is 13.0. The molecule has 0 unspecified atom stereocenters. The highest BCUT2D eigenvalue weighted by Crippen LogP contribution is 2.41. The van der Waals surface area contributed by atoms with Gasteiger partial charge in [0, 0.05) is 26.6 Å². The lowest BCUT2D eigenvalue weighted by Crippen LogP contribution is -2.48. The van der Waals surface area contributed by atoms with Gasteiger partial charge in [-0.15, -0.1) is 0 Å². The van der Waals surface area contributed by atoms with Gasteiger partial charge in [0.25, 0.3) is 0 Å². The van der Waals surface area contributed by atoms with Crippen molar-refractivity contribution < 1.29 is 14.3 Å². The second-order valence-electron chi connectivity index (χ2n) is 7.20. The maximum atomic E-state index is 13.2. The monoisotopic (exact) mass is 368 g/mol. The van der Waals surface area contributed by atoms with Gasteiger partial charge in [-0.25, -0.2) is 0 Å². The van der Waals surface area contributed by atoms with Crippen molar-refractivity contribution in [1.82, 2.24) is 9.80 Å². The standard InChI is InChI=1S/C22H28N2O3/c1-23(2)22(25)21-20(15-9-7-6-8-10-15)17-14-19(27-5)18(26-4)13-16(17)11-12-24(21)3/h6-10,13-14,20-21H,11-12H2,1-5H3/t20-,21-/m1/s1. The molecule has 5 heteroatoms. The van der Waals surface area contributed by atoms with Crippen molar-refractivity contribution in [2.24, 2.45) is 0 Å². The van der Waals surface area contributed by atoms with Gasteiger partial charge in [-0.1, -0.05) is 30.3 Å². The zero-order chi connectivity index (χ0) is 19.6. The third-order valence-corrected chi connectivity index (χ3v) is 5.36. The first-order valence-electron chi connectivity index (χ1n) is 9.19. The second-order valence-corrected chi connectivity index (χ2v) is 7.20. The van der Waals surface area contributed by atoms with Crippen LogP contribution in [-0.4, -0.2) is 63.7 Å². The van der Waals surface area contributed by atoms with E-state index < -0.39 is 0 Å². The Labute approximate surface area is 161 Å². The number of benzene rings is 2. The van der Waals surface area contributed by atoms with Crippen LogP contribution in [0.2, 0.25) is 0 Å². The summed E-state index contributed by atoms with van der Waals surface area (Å²) in [7, 11) is 8.97. The predicted molar refractivity (Wildman–Crippen MR) is 107 cm³/mol. The number of nitrogens with zero attached hydrogens (tertiary/aromatic N) is 2. The smallest absolute Gasteiger partial charge is 0.240 e. The molecular formula is C22H28N2O3. The van der Waals surface area contributed by atoms with Crippen LogP contribution in [0.1, 0.15) is 22.6 Å². The Kier molecular flexibility index (Phi) is 5.71. The number of carbonyl (C=O) groups excluding carboxylic acids is 1. The van der Waals surface area contributed by atoms with Crippen LogP contribution in [0.15, 0.2) is 42.5 Å². The van der Waals surface area contributed by atoms with E-state index in [0.717, 1.165) is 29.8 Å². The number of carbonyl (C=O) groups is 1. The SMILES string of the molecule is COc1cc2c(cc1OC)[C@@H](c1ccccc1)[C@H](C(=O)N(C)C)N(C)CC2. The van der Waals surface area contributed by atoms with Crippen LogP contribution >= 0.6 is 0 Å². The summed E-state index contributed by atoms with van der Waals surface area (Å²) in [5.74, 6) is 1.44. The van der Waals surface area contributed by atoms with E-state index in [0.29, 0.717) is 5.75 Å². The van der Waals surface area contributed by atoms with Crippen molar-refractivity contribution in [3.8, 4) is 11.5 Å². The number of hydrogen-bond acceptors (Lipinski definition) is 4. The van der Waals surface area contributed by atoms with Gasteiger partial charge in [0.1, 0.15) is 6.04 Å². The van der Waals surface area contributed by atoms with Crippen LogP contribution in [0.4, 0.5) is 0 Å². The van der Waals surface area contributed by atoms with Gasteiger partial charge in [-0.2, -0.15) is 0 Å². The van der Waals surface area contributed by atoms with Crippen LogP contribution in [0.5, 0.6) is 11.5 Å². The Morgan fingerprint density at radius 2 is 1.70 bits per heavy atom. The van der Waals surface area contributed by atoms with Gasteiger partial charge < -0.3 is 14.4 Å². The Balaban J connectivity index is 2.24. The third-order valence-electron chi connectivity index (χ3n) is 5.36. The molecule has 0 fully saturated rings. The van der Waals surface area contributed by atoms with Gasteiger partial charge in [0.15, 0.2) is 11.5 Å². The summed E-state index contributed by atoms with van der Waals surface area (Å²) in [6.45, 7) is 0.802. The molecule has 0 N–H and O–H groups in total. The largest absolute Gasteiger partial charge is 0.493 e. The second kappa shape index (κ2) is 8.01. The van der Waals surface area contributed by atoms with Gasteiger partial charge in [0.2, 0.25) is 5.91 Å². The molecule has 0 saturated heterocycles. The summed E-state index contributed by atoms with van der Waals surface area (Å²) < 4.78 is 11.1. The molecule has 5 nitrogen and oxygen atoms in total. The summed E-state index contributed by atoms with van der Waals surface area (Å²) in [6, 6.07) is 14.1. The summed E-state index contributed by atoms with van der Waals surface area (Å²) in [6.07, 6.45) is 0.854. The van der Waals surface area contributed by atoms with Crippen molar-refractivity contribution in [2.45, 2.75) is 18.4 Å². The fourth-order valence-electron chi connectivity index (χ4n) is 3.92. The van der Waals surface area contributed by atoms with E-state index in [1.165, 1.54) is 5.56 Å². The summed E-state index contributed by atoms with van der Waals surface area (Å²) in [5, 5.41) is 0. The lowest BCUT2D eigenvalue weighted by molar-refractivity contribution is -0.134. The summed E-state index contributed by atoms with van der Waals surface area (Å²) in [5.41, 5.74) is 3.45. The maximum absolute atomic E-state index is 13.2. The molecule has 0 saturated carbocycles. The zero-order valence-electron chi connectivity index (χ0n) is 16.7. The Bertz CT molecular complexity index is 805. The quantitative estimate of drug-likeness (QED) is 0.832. The minimum absolute atomic E-state index is 0.0802. The molecule has 1 heterocycles. The summed E-state index contributed by atoms with van der Waals surface area (Å²) in [4.78, 5) is 17.0. The number of rotatable bonds is 4. The van der Waals surface area contributed by atoms with Crippen molar-refractivity contribution in [2.75, 3.05) is 41.9 Å². The van der Waals surface area contributed by atoms with Crippen LogP contribution in [0.3, 0.4) is 0 Å². The number of ether oxygens (including phenoxy) is 2. The Morgan fingerprint density at radius 3 is 2.30 bits per heavy atom. The average molecular weight is 368 g/mol. The molecular weight excluding hydrogens is 340 g/mol. The number of amides is 1. The number of likely N-dealkylation sites (N-methyl/N-ethyl adjacent to an activating group) is 2. The van der Waals surface area contributed by atoms with E-state index >= 15 is 0 Å². The number of methoxy groups -OCH3 is 2. The first-order valence-corrected chi connectivity index (χ1v) is 9.19. The van der Waals surface area contributed by atoms with Crippen molar-refractivity contribution in [1.29, 1.82) is 0 Å². The highest BCUT2D eigenvalue weighted by Gasteiger charge is 2.38. The molecule has 2 aromatic rings. The van der Waals surface area contributed by atoms with E-state index in [4.69, 9.17) is 9.47 Å². The van der Waals surface area contributed by atoms with Crippen molar-refractivity contribution >= 4 is 5.91 Å². The normalized spacial score (nSPS) is 19.7. The average Bonchev–Trinajstić information content (AvgIpc) is 2.83. The highest BCUT2D eigenvalue weighted by molar-refractivity contribution is 5.83. The molecule has 0 bridgehead atoms. The first kappa shape index (κ1) is 19.2. The lowest BCUT2D eigenvalue weighted by atomic mass is 9.82. The van der Waals surface area contributed by atoms with Crippen LogP contribution in [0, 0.1) is 0 Å². The van der Waals surface area contributed by atoms with E-state index in [9.17, 15) is 4.79 Å². The molecule has 1 amide bonds. The van der Waals surface area contributed by atoms with E-state index in [2.05, 4.69) is 23.1 Å². The number of hydrogen-bond donors (Lipinski definition) is 0. The topological polar surface area (TPSA) is 42.0 Å². The molecule has 0 aliphatic carbocycles. The molecule has 144 valence electrons. The van der Waals surface area contributed by atoms with Gasteiger partial charge in [-0.05, 0) is 42.3 Å². The van der Waals surface area contributed by atoms with Crippen LogP contribution in [0.25, 0.3) is 0 Å². The zero-order valence-corrected chi connectivity index (χ0v) is 16.7. The third kappa shape index (κ3) is 3.65. The fourth-order valence-corrected chi connectivity index (χ4v) is 3.92. The van der Waals surface area contributed by atoms with Crippen molar-refractivity contribution in [3.05, 3.63) is 59.2 Å². The molecule has 0 spiro atoms. The van der Waals surface area contributed by atoms with Gasteiger partial charge >= 0.3 is 0 Å². The van der Waals surface area contributed by atoms with Crippen molar-refractivity contribution in [3.63, 3.8) is 0 Å². The molecule has 2 aromatic carbocycles. The molecule has 0 aromatic heterocycles. The predicted octanol–water partition coefficient (Wildman–Crippen LogP) is 2.78. The lowest BCUT2D eigenvalue weighted by Gasteiger charge is -2.34. The molecule has 0 radical (unpaired) electrons. The Morgan fingerprint density at radius 1 is 1.07 bits per heavy atom. The molecule has 1 aliphatic heterocycles. The van der Waals surface area contributed by atoms with Crippen LogP contribution < -0.4 is 9.47 Å². The van der Waals surface area contributed by atoms with Gasteiger partial charge in [0.05, 0.1) is 14.2 Å². The molecule has 2 atom stereocenters. The number of fused-ring (bicyclic) bond motifs is 1. The van der Waals surface area contributed by atoms with E-state index in [1.54, 1.807) is 19.1 Å². The minimum atomic E-state index is -0.276. The van der Waals surface area contributed by atoms with E-state index in [1.807, 2.05) is 45.4 Å². The van der Waals surface area contributed by atoms with E-state index in [-0.39, 0.29) is 17.9 Å². The highest BCUT2D eigenvalue weighted by atomic mass is 16.5. The fraction of sp³-hybridized carbons (Fsp3) is 0.409. The Hall–Kier alpha value is -2.53.